The highest BCUT2D eigenvalue weighted by atomic mass is 35.5. The van der Waals surface area contributed by atoms with Crippen LogP contribution in [0.4, 0.5) is 0 Å². The normalized spacial score (nSPS) is 11.0. The lowest BCUT2D eigenvalue weighted by molar-refractivity contribution is -0.00000523. The van der Waals surface area contributed by atoms with Crippen molar-refractivity contribution in [3.05, 3.63) is 91.0 Å². The summed E-state index contributed by atoms with van der Waals surface area (Å²) in [5.41, 5.74) is 5.68. The molecule has 142 valence electrons. The third-order valence-electron chi connectivity index (χ3n) is 5.04. The van der Waals surface area contributed by atoms with Crippen LogP contribution >= 0.6 is 7.26 Å². The summed E-state index contributed by atoms with van der Waals surface area (Å²) in [7, 11) is -1.63. The molecule has 3 aromatic carbocycles. The minimum atomic E-state index is -1.63. The minimum Gasteiger partial charge on any atom is -1.00 e. The first-order valence-corrected chi connectivity index (χ1v) is 11.6. The van der Waals surface area contributed by atoms with Gasteiger partial charge in [-0.1, -0.05) is 61.0 Å². The van der Waals surface area contributed by atoms with Gasteiger partial charge in [-0.2, -0.15) is 0 Å². The smallest absolute Gasteiger partial charge is 0.112 e. The Balaban J connectivity index is 0.00000261. The van der Waals surface area contributed by atoms with Gasteiger partial charge in [0.05, 0.1) is 6.16 Å². The molecule has 3 heteroatoms. The van der Waals surface area contributed by atoms with E-state index in [1.807, 2.05) is 0 Å². The number of unbranched alkanes of at least 4 members (excludes halogenated alkanes) is 3. The molecule has 0 saturated carbocycles. The van der Waals surface area contributed by atoms with Gasteiger partial charge in [0, 0.05) is 0 Å². The maximum absolute atomic E-state index is 5.68. The lowest BCUT2D eigenvalue weighted by atomic mass is 10.2. The van der Waals surface area contributed by atoms with Crippen molar-refractivity contribution in [1.29, 1.82) is 0 Å². The minimum absolute atomic E-state index is 0. The molecule has 0 aromatic heterocycles. The van der Waals surface area contributed by atoms with Gasteiger partial charge in [0.25, 0.3) is 0 Å². The Morgan fingerprint density at radius 2 is 0.889 bits per heavy atom. The van der Waals surface area contributed by atoms with E-state index in [1.54, 1.807) is 0 Å². The zero-order valence-corrected chi connectivity index (χ0v) is 17.5. The van der Waals surface area contributed by atoms with Crippen molar-refractivity contribution < 1.29 is 12.4 Å². The zero-order chi connectivity index (χ0) is 18.1. The van der Waals surface area contributed by atoms with Crippen LogP contribution in [0.15, 0.2) is 91.0 Å². The molecule has 0 bridgehead atoms. The molecule has 0 amide bonds. The second kappa shape index (κ2) is 11.2. The van der Waals surface area contributed by atoms with E-state index >= 15 is 0 Å². The van der Waals surface area contributed by atoms with E-state index in [2.05, 4.69) is 91.0 Å². The van der Waals surface area contributed by atoms with Gasteiger partial charge >= 0.3 is 0 Å². The van der Waals surface area contributed by atoms with E-state index in [1.165, 1.54) is 41.3 Å². The summed E-state index contributed by atoms with van der Waals surface area (Å²) in [4.78, 5) is 0. The topological polar surface area (TPSA) is 26.0 Å². The molecule has 3 aromatic rings. The number of rotatable bonds is 9. The van der Waals surface area contributed by atoms with Crippen molar-refractivity contribution in [3.63, 3.8) is 0 Å². The Morgan fingerprint density at radius 3 is 1.26 bits per heavy atom. The summed E-state index contributed by atoms with van der Waals surface area (Å²) in [5.74, 6) is 0. The Labute approximate surface area is 170 Å². The second-order valence-electron chi connectivity index (χ2n) is 6.74. The van der Waals surface area contributed by atoms with Crippen LogP contribution in [0.1, 0.15) is 25.7 Å². The van der Waals surface area contributed by atoms with Crippen molar-refractivity contribution in [2.24, 2.45) is 5.73 Å². The van der Waals surface area contributed by atoms with Crippen LogP contribution in [0, 0.1) is 0 Å². The van der Waals surface area contributed by atoms with Gasteiger partial charge in [-0.15, -0.1) is 0 Å². The molecule has 0 radical (unpaired) electrons. The highest BCUT2D eigenvalue weighted by Crippen LogP contribution is 2.55. The number of nitrogens with two attached hydrogens (primary N) is 1. The van der Waals surface area contributed by atoms with Gasteiger partial charge in [-0.25, -0.2) is 0 Å². The molecule has 3 rings (SSSR count). The number of benzene rings is 3. The fourth-order valence-electron chi connectivity index (χ4n) is 3.73. The highest BCUT2D eigenvalue weighted by Gasteiger charge is 2.44. The molecule has 0 aliphatic rings. The lowest BCUT2D eigenvalue weighted by Crippen LogP contribution is -3.00. The van der Waals surface area contributed by atoms with E-state index < -0.39 is 7.26 Å². The van der Waals surface area contributed by atoms with Gasteiger partial charge in [-0.3, -0.25) is 0 Å². The van der Waals surface area contributed by atoms with Crippen LogP contribution < -0.4 is 34.1 Å². The molecule has 0 aliphatic heterocycles. The van der Waals surface area contributed by atoms with Gasteiger partial charge in [-0.05, 0) is 62.2 Å². The summed E-state index contributed by atoms with van der Waals surface area (Å²) in [6.45, 7) is 0.802. The largest absolute Gasteiger partial charge is 1.00 e. The third kappa shape index (κ3) is 5.20. The van der Waals surface area contributed by atoms with Crippen LogP contribution in [-0.2, 0) is 0 Å². The summed E-state index contributed by atoms with van der Waals surface area (Å²) >= 11 is 0. The second-order valence-corrected chi connectivity index (χ2v) is 10.4. The average molecular weight is 398 g/mol. The molecule has 0 atom stereocenters. The molecule has 1 nitrogen and oxygen atoms in total. The molecule has 0 saturated heterocycles. The Hall–Kier alpha value is -1.66. The molecule has 0 unspecified atom stereocenters. The Bertz CT molecular complexity index is 665. The van der Waals surface area contributed by atoms with Gasteiger partial charge in [0.15, 0.2) is 0 Å². The first-order chi connectivity index (χ1) is 12.9. The SMILES string of the molecule is NCCCCCC[P+](c1ccccc1)(c1ccccc1)c1ccccc1.[Cl-]. The Kier molecular flexibility index (Phi) is 9.01. The van der Waals surface area contributed by atoms with Crippen molar-refractivity contribution >= 4 is 23.2 Å². The van der Waals surface area contributed by atoms with Crippen LogP contribution in [0.25, 0.3) is 0 Å². The first kappa shape index (κ1) is 21.6. The van der Waals surface area contributed by atoms with Crippen LogP contribution in [0.5, 0.6) is 0 Å². The van der Waals surface area contributed by atoms with Crippen molar-refractivity contribution in [1.82, 2.24) is 0 Å². The summed E-state index contributed by atoms with van der Waals surface area (Å²) in [6.07, 6.45) is 6.08. The lowest BCUT2D eigenvalue weighted by Gasteiger charge is -2.27. The fourth-order valence-corrected chi connectivity index (χ4v) is 8.14. The zero-order valence-electron chi connectivity index (χ0n) is 15.8. The predicted molar refractivity (Wildman–Crippen MR) is 118 cm³/mol. The monoisotopic (exact) mass is 397 g/mol. The highest BCUT2D eigenvalue weighted by molar-refractivity contribution is 7.95. The van der Waals surface area contributed by atoms with Crippen LogP contribution in [0.2, 0.25) is 0 Å². The van der Waals surface area contributed by atoms with E-state index in [0.29, 0.717) is 0 Å². The maximum Gasteiger partial charge on any atom is 0.112 e. The van der Waals surface area contributed by atoms with E-state index in [0.717, 1.165) is 13.0 Å². The van der Waals surface area contributed by atoms with Crippen molar-refractivity contribution in [2.45, 2.75) is 25.7 Å². The van der Waals surface area contributed by atoms with Gasteiger partial charge < -0.3 is 18.1 Å². The Morgan fingerprint density at radius 1 is 0.519 bits per heavy atom. The van der Waals surface area contributed by atoms with E-state index in [9.17, 15) is 0 Å². The van der Waals surface area contributed by atoms with Crippen molar-refractivity contribution in [2.75, 3.05) is 12.7 Å². The third-order valence-corrected chi connectivity index (χ3v) is 9.56. The van der Waals surface area contributed by atoms with Crippen LogP contribution in [-0.4, -0.2) is 12.7 Å². The van der Waals surface area contributed by atoms with Gasteiger partial charge in [0.2, 0.25) is 0 Å². The molecule has 0 aliphatic carbocycles. The molecular formula is C24H29ClNP. The van der Waals surface area contributed by atoms with Crippen LogP contribution in [0.3, 0.4) is 0 Å². The predicted octanol–water partition coefficient (Wildman–Crippen LogP) is 1.50. The quantitative estimate of drug-likeness (QED) is 0.430. The summed E-state index contributed by atoms with van der Waals surface area (Å²) < 4.78 is 0. The number of hydrogen-bond acceptors (Lipinski definition) is 1. The average Bonchev–Trinajstić information content (AvgIpc) is 2.73. The molecule has 0 fully saturated rings. The molecule has 0 spiro atoms. The molecule has 27 heavy (non-hydrogen) atoms. The molecule has 2 N–H and O–H groups in total. The van der Waals surface area contributed by atoms with Gasteiger partial charge in [0.1, 0.15) is 23.2 Å². The van der Waals surface area contributed by atoms with Crippen molar-refractivity contribution in [3.8, 4) is 0 Å². The van der Waals surface area contributed by atoms with E-state index in [-0.39, 0.29) is 12.4 Å². The fraction of sp³-hybridized carbons (Fsp3) is 0.250. The van der Waals surface area contributed by atoms with E-state index in [4.69, 9.17) is 5.73 Å². The summed E-state index contributed by atoms with van der Waals surface area (Å²) in [6, 6.07) is 33.4. The number of halogens is 1. The summed E-state index contributed by atoms with van der Waals surface area (Å²) in [5, 5.41) is 4.45. The number of hydrogen-bond donors (Lipinski definition) is 1. The first-order valence-electron chi connectivity index (χ1n) is 9.63. The molecular weight excluding hydrogens is 369 g/mol. The maximum atomic E-state index is 5.68. The standard InChI is InChI=1S/C24H29NP.ClH/c25-20-12-1-2-13-21-26(22-14-6-3-7-15-22,23-16-8-4-9-17-23)24-18-10-5-11-19-24;/h3-11,14-19H,1-2,12-13,20-21,25H2;1H/q+1;/p-1. The molecule has 0 heterocycles.